The number of rotatable bonds is 8. The second-order valence-corrected chi connectivity index (χ2v) is 10.3. The van der Waals surface area contributed by atoms with E-state index in [-0.39, 0.29) is 10.8 Å². The van der Waals surface area contributed by atoms with Gasteiger partial charge in [-0.15, -0.1) is 0 Å². The maximum absolute atomic E-state index is 12.8. The molecule has 0 heterocycles. The lowest BCUT2D eigenvalue weighted by Gasteiger charge is -2.17. The SMILES string of the molecule is Cc1ccc(S(=O)(=O)Nc2ccc(C3(C(=O)NCCc4ccccc4)CC3)cc2)cc1Cl. The van der Waals surface area contributed by atoms with Crippen LogP contribution in [-0.4, -0.2) is 20.9 Å². The molecule has 1 fully saturated rings. The highest BCUT2D eigenvalue weighted by molar-refractivity contribution is 7.92. The molecule has 0 bridgehead atoms. The average Bonchev–Trinajstić information content (AvgIpc) is 3.59. The molecule has 1 aliphatic rings. The van der Waals surface area contributed by atoms with Crippen LogP contribution in [0, 0.1) is 6.92 Å². The predicted octanol–water partition coefficient (Wildman–Crippen LogP) is 4.84. The van der Waals surface area contributed by atoms with Crippen molar-refractivity contribution in [1.29, 1.82) is 0 Å². The zero-order valence-corrected chi connectivity index (χ0v) is 19.3. The molecule has 166 valence electrons. The third-order valence-corrected chi connectivity index (χ3v) is 7.66. The van der Waals surface area contributed by atoms with Crippen molar-refractivity contribution in [2.75, 3.05) is 11.3 Å². The van der Waals surface area contributed by atoms with Crippen molar-refractivity contribution < 1.29 is 13.2 Å². The third-order valence-electron chi connectivity index (χ3n) is 5.87. The van der Waals surface area contributed by atoms with Crippen molar-refractivity contribution in [2.24, 2.45) is 0 Å². The largest absolute Gasteiger partial charge is 0.355 e. The molecule has 7 heteroatoms. The molecule has 0 saturated heterocycles. The van der Waals surface area contributed by atoms with Gasteiger partial charge in [0, 0.05) is 17.3 Å². The zero-order chi connectivity index (χ0) is 22.8. The van der Waals surface area contributed by atoms with Crippen molar-refractivity contribution >= 4 is 33.2 Å². The number of halogens is 1. The fourth-order valence-electron chi connectivity index (χ4n) is 3.72. The minimum Gasteiger partial charge on any atom is -0.355 e. The van der Waals surface area contributed by atoms with E-state index in [2.05, 4.69) is 10.0 Å². The van der Waals surface area contributed by atoms with Crippen molar-refractivity contribution in [3.05, 3.63) is 94.5 Å². The third kappa shape index (κ3) is 4.81. The first-order valence-corrected chi connectivity index (χ1v) is 12.4. The van der Waals surface area contributed by atoms with E-state index >= 15 is 0 Å². The number of aryl methyl sites for hydroxylation is 1. The Hall–Kier alpha value is -2.83. The fraction of sp³-hybridized carbons (Fsp3) is 0.240. The Morgan fingerprint density at radius 2 is 1.69 bits per heavy atom. The number of amides is 1. The summed E-state index contributed by atoms with van der Waals surface area (Å²) in [4.78, 5) is 12.9. The highest BCUT2D eigenvalue weighted by atomic mass is 35.5. The van der Waals surface area contributed by atoms with E-state index in [0.717, 1.165) is 30.4 Å². The maximum atomic E-state index is 12.8. The Labute approximate surface area is 193 Å². The molecule has 2 N–H and O–H groups in total. The van der Waals surface area contributed by atoms with Crippen LogP contribution < -0.4 is 10.0 Å². The Balaban J connectivity index is 1.40. The Morgan fingerprint density at radius 3 is 2.31 bits per heavy atom. The standard InChI is InChI=1S/C25H25ClN2O3S/c1-18-7-12-22(17-23(18)26)32(30,31)28-21-10-8-20(9-11-21)25(14-15-25)24(29)27-16-13-19-5-3-2-4-6-19/h2-12,17,28H,13-16H2,1H3,(H,27,29). The van der Waals surface area contributed by atoms with Gasteiger partial charge >= 0.3 is 0 Å². The van der Waals surface area contributed by atoms with Crippen molar-refractivity contribution in [3.63, 3.8) is 0 Å². The highest BCUT2D eigenvalue weighted by Gasteiger charge is 2.51. The number of sulfonamides is 1. The summed E-state index contributed by atoms with van der Waals surface area (Å²) in [5.74, 6) is 0.0241. The normalized spacial score (nSPS) is 14.6. The maximum Gasteiger partial charge on any atom is 0.261 e. The fourth-order valence-corrected chi connectivity index (χ4v) is 5.05. The van der Waals surface area contributed by atoms with Gasteiger partial charge in [-0.2, -0.15) is 0 Å². The minimum atomic E-state index is -3.75. The number of hydrogen-bond donors (Lipinski definition) is 2. The highest BCUT2D eigenvalue weighted by Crippen LogP contribution is 2.48. The molecule has 5 nitrogen and oxygen atoms in total. The first-order chi connectivity index (χ1) is 15.3. The Bertz CT molecular complexity index is 1220. The van der Waals surface area contributed by atoms with Crippen LogP contribution in [0.1, 0.15) is 29.5 Å². The van der Waals surface area contributed by atoms with E-state index in [9.17, 15) is 13.2 Å². The van der Waals surface area contributed by atoms with Crippen LogP contribution in [0.2, 0.25) is 5.02 Å². The molecule has 1 amide bonds. The van der Waals surface area contributed by atoms with Gasteiger partial charge in [0.15, 0.2) is 0 Å². The minimum absolute atomic E-state index is 0.0241. The van der Waals surface area contributed by atoms with Crippen molar-refractivity contribution in [1.82, 2.24) is 5.32 Å². The lowest BCUT2D eigenvalue weighted by atomic mass is 9.94. The number of benzene rings is 3. The van der Waals surface area contributed by atoms with Crippen LogP contribution in [0.5, 0.6) is 0 Å². The molecule has 32 heavy (non-hydrogen) atoms. The molecule has 0 atom stereocenters. The molecule has 1 aliphatic carbocycles. The van der Waals surface area contributed by atoms with Crippen molar-refractivity contribution in [3.8, 4) is 0 Å². The van der Waals surface area contributed by atoms with Crippen molar-refractivity contribution in [2.45, 2.75) is 36.5 Å². The number of anilines is 1. The number of carbonyl (C=O) groups excluding carboxylic acids is 1. The van der Waals surface area contributed by atoms with Crippen LogP contribution in [0.4, 0.5) is 5.69 Å². The number of hydrogen-bond acceptors (Lipinski definition) is 3. The predicted molar refractivity (Wildman–Crippen MR) is 128 cm³/mol. The Kier molecular flexibility index (Phi) is 6.26. The molecule has 0 unspecified atom stereocenters. The van der Waals surface area contributed by atoms with Crippen LogP contribution in [-0.2, 0) is 26.7 Å². The van der Waals surface area contributed by atoms with Gasteiger partial charge in [0.05, 0.1) is 10.3 Å². The topological polar surface area (TPSA) is 75.3 Å². The first kappa shape index (κ1) is 22.4. The summed E-state index contributed by atoms with van der Waals surface area (Å²) in [6, 6.07) is 21.7. The summed E-state index contributed by atoms with van der Waals surface area (Å²) >= 11 is 6.07. The summed E-state index contributed by atoms with van der Waals surface area (Å²) < 4.78 is 27.9. The monoisotopic (exact) mass is 468 g/mol. The second kappa shape index (κ2) is 8.96. The average molecular weight is 469 g/mol. The molecule has 0 radical (unpaired) electrons. The quantitative estimate of drug-likeness (QED) is 0.496. The van der Waals surface area contributed by atoms with Gasteiger partial charge in [-0.05, 0) is 67.1 Å². The summed E-state index contributed by atoms with van der Waals surface area (Å²) in [5.41, 5.74) is 2.82. The lowest BCUT2D eigenvalue weighted by Crippen LogP contribution is -2.35. The van der Waals surface area contributed by atoms with Crippen LogP contribution >= 0.6 is 11.6 Å². The summed E-state index contributed by atoms with van der Waals surface area (Å²) in [5, 5.41) is 3.45. The first-order valence-electron chi connectivity index (χ1n) is 10.5. The molecular weight excluding hydrogens is 444 g/mol. The molecule has 3 aromatic carbocycles. The van der Waals surface area contributed by atoms with E-state index < -0.39 is 15.4 Å². The van der Waals surface area contributed by atoms with Gasteiger partial charge in [0.25, 0.3) is 10.0 Å². The van der Waals surface area contributed by atoms with Crippen LogP contribution in [0.3, 0.4) is 0 Å². The molecular formula is C25H25ClN2O3S. The van der Waals surface area contributed by atoms with E-state index in [1.54, 1.807) is 18.2 Å². The summed E-state index contributed by atoms with van der Waals surface area (Å²) in [6.07, 6.45) is 2.36. The van der Waals surface area contributed by atoms with Gasteiger partial charge in [-0.1, -0.05) is 60.1 Å². The van der Waals surface area contributed by atoms with E-state index in [4.69, 9.17) is 11.6 Å². The van der Waals surface area contributed by atoms with Gasteiger partial charge in [0.2, 0.25) is 5.91 Å². The van der Waals surface area contributed by atoms with E-state index in [0.29, 0.717) is 17.3 Å². The van der Waals surface area contributed by atoms with E-state index in [1.165, 1.54) is 17.7 Å². The molecule has 3 aromatic rings. The lowest BCUT2D eigenvalue weighted by molar-refractivity contribution is -0.123. The molecule has 0 aromatic heterocycles. The second-order valence-electron chi connectivity index (χ2n) is 8.17. The van der Waals surface area contributed by atoms with E-state index in [1.807, 2.05) is 49.4 Å². The summed E-state index contributed by atoms with van der Waals surface area (Å²) in [7, 11) is -3.75. The zero-order valence-electron chi connectivity index (χ0n) is 17.8. The Morgan fingerprint density at radius 1 is 1.00 bits per heavy atom. The molecule has 0 aliphatic heterocycles. The van der Waals surface area contributed by atoms with Crippen LogP contribution in [0.25, 0.3) is 0 Å². The van der Waals surface area contributed by atoms with Gasteiger partial charge in [0.1, 0.15) is 0 Å². The number of carbonyl (C=O) groups is 1. The molecule has 0 spiro atoms. The molecule has 4 rings (SSSR count). The van der Waals surface area contributed by atoms with Gasteiger partial charge < -0.3 is 5.32 Å². The van der Waals surface area contributed by atoms with Crippen LogP contribution in [0.15, 0.2) is 77.7 Å². The smallest absolute Gasteiger partial charge is 0.261 e. The van der Waals surface area contributed by atoms with Gasteiger partial charge in [-0.25, -0.2) is 8.42 Å². The summed E-state index contributed by atoms with van der Waals surface area (Å²) in [6.45, 7) is 2.40. The molecule has 1 saturated carbocycles. The van der Waals surface area contributed by atoms with Gasteiger partial charge in [-0.3, -0.25) is 9.52 Å². The number of nitrogens with one attached hydrogen (secondary N) is 2.